The Morgan fingerprint density at radius 2 is 2.09 bits per heavy atom. The minimum Gasteiger partial charge on any atom is -0.381 e. The van der Waals surface area contributed by atoms with E-state index in [0.717, 1.165) is 63.0 Å². The number of ether oxygens (including phenoxy) is 1. The molecule has 6 heteroatoms. The Morgan fingerprint density at radius 3 is 2.77 bits per heavy atom. The number of likely N-dealkylation sites (tertiary alicyclic amines) is 1. The van der Waals surface area contributed by atoms with Gasteiger partial charge in [-0.2, -0.15) is 0 Å². The van der Waals surface area contributed by atoms with Gasteiger partial charge in [-0.05, 0) is 25.7 Å². The second-order valence-electron chi connectivity index (χ2n) is 6.31. The van der Waals surface area contributed by atoms with E-state index in [-0.39, 0.29) is 11.8 Å². The third kappa shape index (κ3) is 3.55. The lowest BCUT2D eigenvalue weighted by Crippen LogP contribution is -2.48. The van der Waals surface area contributed by atoms with E-state index in [0.29, 0.717) is 5.92 Å². The Balaban J connectivity index is 1.59. The van der Waals surface area contributed by atoms with Crippen LogP contribution in [-0.4, -0.2) is 53.6 Å². The van der Waals surface area contributed by atoms with Crippen LogP contribution in [0.15, 0.2) is 6.07 Å². The minimum absolute atomic E-state index is 0.127. The number of nitrogens with one attached hydrogen (secondary N) is 1. The molecule has 0 saturated carbocycles. The van der Waals surface area contributed by atoms with E-state index < -0.39 is 0 Å². The fourth-order valence-electron chi connectivity index (χ4n) is 2.96. The third-order valence-corrected chi connectivity index (χ3v) is 4.48. The minimum atomic E-state index is 0.127. The van der Waals surface area contributed by atoms with Crippen LogP contribution in [0.25, 0.3) is 0 Å². The van der Waals surface area contributed by atoms with Gasteiger partial charge in [-0.25, -0.2) is 9.97 Å². The molecule has 1 N–H and O–H groups in total. The molecule has 120 valence electrons. The fraction of sp³-hybridized carbons (Fsp3) is 0.688. The van der Waals surface area contributed by atoms with Crippen LogP contribution in [0.4, 0.5) is 5.82 Å². The maximum Gasteiger partial charge on any atom is 0.219 e. The van der Waals surface area contributed by atoms with Gasteiger partial charge < -0.3 is 15.0 Å². The lowest BCUT2D eigenvalue weighted by Gasteiger charge is -2.37. The molecule has 2 fully saturated rings. The normalized spacial score (nSPS) is 19.8. The van der Waals surface area contributed by atoms with Crippen molar-refractivity contribution in [2.24, 2.45) is 5.92 Å². The van der Waals surface area contributed by atoms with Crippen molar-refractivity contribution in [2.75, 3.05) is 38.2 Å². The van der Waals surface area contributed by atoms with Crippen molar-refractivity contribution in [3.05, 3.63) is 17.6 Å². The van der Waals surface area contributed by atoms with Crippen LogP contribution in [-0.2, 0) is 9.53 Å². The average molecular weight is 304 g/mol. The number of carbonyl (C=O) groups is 1. The Kier molecular flexibility index (Phi) is 4.57. The van der Waals surface area contributed by atoms with E-state index in [1.165, 1.54) is 0 Å². The van der Waals surface area contributed by atoms with Crippen LogP contribution in [0.3, 0.4) is 0 Å². The van der Waals surface area contributed by atoms with Crippen molar-refractivity contribution < 1.29 is 9.53 Å². The number of aromatic nitrogens is 2. The molecule has 0 unspecified atom stereocenters. The van der Waals surface area contributed by atoms with Crippen molar-refractivity contribution in [3.8, 4) is 0 Å². The van der Waals surface area contributed by atoms with Gasteiger partial charge in [0.15, 0.2) is 0 Å². The van der Waals surface area contributed by atoms with Gasteiger partial charge >= 0.3 is 0 Å². The van der Waals surface area contributed by atoms with Crippen LogP contribution >= 0.6 is 0 Å². The molecule has 2 saturated heterocycles. The summed E-state index contributed by atoms with van der Waals surface area (Å²) < 4.78 is 5.39. The molecule has 0 bridgehead atoms. The van der Waals surface area contributed by atoms with E-state index in [2.05, 4.69) is 15.3 Å². The van der Waals surface area contributed by atoms with Crippen LogP contribution in [0.2, 0.25) is 0 Å². The lowest BCUT2D eigenvalue weighted by molar-refractivity contribution is -0.133. The molecule has 1 aromatic rings. The van der Waals surface area contributed by atoms with E-state index in [1.807, 2.05) is 17.9 Å². The predicted molar refractivity (Wildman–Crippen MR) is 83.8 cm³/mol. The summed E-state index contributed by atoms with van der Waals surface area (Å²) in [5, 5.41) is 3.45. The van der Waals surface area contributed by atoms with Gasteiger partial charge in [-0.1, -0.05) is 0 Å². The van der Waals surface area contributed by atoms with Crippen molar-refractivity contribution in [1.29, 1.82) is 0 Å². The highest BCUT2D eigenvalue weighted by atomic mass is 16.5. The SMILES string of the molecule is CC(=O)N1CC(c2nc(C)cc(NCC3CCOCC3)n2)C1. The summed E-state index contributed by atoms with van der Waals surface area (Å²) in [6.45, 7) is 7.73. The van der Waals surface area contributed by atoms with Crippen molar-refractivity contribution in [1.82, 2.24) is 14.9 Å². The molecule has 2 aliphatic rings. The summed E-state index contributed by atoms with van der Waals surface area (Å²) in [5.41, 5.74) is 0.973. The molecule has 22 heavy (non-hydrogen) atoms. The molecule has 3 rings (SSSR count). The molecule has 0 radical (unpaired) electrons. The quantitative estimate of drug-likeness (QED) is 0.914. The summed E-state index contributed by atoms with van der Waals surface area (Å²) in [6, 6.07) is 1.99. The molecule has 0 atom stereocenters. The molecule has 1 aromatic heterocycles. The highest BCUT2D eigenvalue weighted by Gasteiger charge is 2.32. The summed E-state index contributed by atoms with van der Waals surface area (Å²) >= 11 is 0. The number of nitrogens with zero attached hydrogens (tertiary/aromatic N) is 3. The lowest BCUT2D eigenvalue weighted by atomic mass is 9.99. The largest absolute Gasteiger partial charge is 0.381 e. The number of anilines is 1. The average Bonchev–Trinajstić information content (AvgIpc) is 2.44. The van der Waals surface area contributed by atoms with Gasteiger partial charge in [0.05, 0.1) is 5.92 Å². The van der Waals surface area contributed by atoms with Gasteiger partial charge in [0.1, 0.15) is 11.6 Å². The highest BCUT2D eigenvalue weighted by Crippen LogP contribution is 2.25. The first-order valence-corrected chi connectivity index (χ1v) is 8.04. The van der Waals surface area contributed by atoms with E-state index in [9.17, 15) is 4.79 Å². The monoisotopic (exact) mass is 304 g/mol. The van der Waals surface area contributed by atoms with Gasteiger partial charge in [-0.3, -0.25) is 4.79 Å². The molecular formula is C16H24N4O2. The van der Waals surface area contributed by atoms with Gasteiger partial charge in [0, 0.05) is 51.5 Å². The number of hydrogen-bond acceptors (Lipinski definition) is 5. The van der Waals surface area contributed by atoms with Crippen molar-refractivity contribution in [2.45, 2.75) is 32.6 Å². The fourth-order valence-corrected chi connectivity index (χ4v) is 2.96. The standard InChI is InChI=1S/C16H24N4O2/c1-11-7-15(17-8-13-3-5-22-6-4-13)19-16(18-11)14-9-20(10-14)12(2)21/h7,13-14H,3-6,8-10H2,1-2H3,(H,17,18,19). The first kappa shape index (κ1) is 15.2. The second kappa shape index (κ2) is 6.60. The Labute approximate surface area is 131 Å². The van der Waals surface area contributed by atoms with E-state index >= 15 is 0 Å². The number of amides is 1. The van der Waals surface area contributed by atoms with Crippen LogP contribution in [0.1, 0.15) is 37.2 Å². The second-order valence-corrected chi connectivity index (χ2v) is 6.31. The topological polar surface area (TPSA) is 67.4 Å². The van der Waals surface area contributed by atoms with E-state index in [1.54, 1.807) is 6.92 Å². The molecule has 6 nitrogen and oxygen atoms in total. The molecule has 1 amide bonds. The van der Waals surface area contributed by atoms with Gasteiger partial charge in [0.25, 0.3) is 0 Å². The highest BCUT2D eigenvalue weighted by molar-refractivity contribution is 5.74. The van der Waals surface area contributed by atoms with E-state index in [4.69, 9.17) is 4.74 Å². The summed E-state index contributed by atoms with van der Waals surface area (Å²) in [4.78, 5) is 22.3. The van der Waals surface area contributed by atoms with Gasteiger partial charge in [-0.15, -0.1) is 0 Å². The molecule has 0 aromatic carbocycles. The zero-order valence-electron chi connectivity index (χ0n) is 13.3. The number of hydrogen-bond donors (Lipinski definition) is 1. The summed E-state index contributed by atoms with van der Waals surface area (Å²) in [7, 11) is 0. The maximum absolute atomic E-state index is 11.3. The Hall–Kier alpha value is -1.69. The number of aryl methyl sites for hydroxylation is 1. The summed E-state index contributed by atoms with van der Waals surface area (Å²) in [5.74, 6) is 2.81. The molecule has 0 spiro atoms. The van der Waals surface area contributed by atoms with Crippen LogP contribution in [0.5, 0.6) is 0 Å². The predicted octanol–water partition coefficient (Wildman–Crippen LogP) is 1.57. The van der Waals surface area contributed by atoms with Crippen LogP contribution < -0.4 is 5.32 Å². The number of carbonyl (C=O) groups excluding carboxylic acids is 1. The zero-order chi connectivity index (χ0) is 15.5. The Bertz CT molecular complexity index is 537. The van der Waals surface area contributed by atoms with Crippen LogP contribution in [0, 0.1) is 12.8 Å². The first-order valence-electron chi connectivity index (χ1n) is 8.04. The smallest absolute Gasteiger partial charge is 0.219 e. The molecule has 0 aliphatic carbocycles. The number of rotatable bonds is 4. The van der Waals surface area contributed by atoms with Crippen molar-refractivity contribution in [3.63, 3.8) is 0 Å². The Morgan fingerprint density at radius 1 is 1.36 bits per heavy atom. The first-order chi connectivity index (χ1) is 10.6. The third-order valence-electron chi connectivity index (χ3n) is 4.48. The van der Waals surface area contributed by atoms with Crippen molar-refractivity contribution >= 4 is 11.7 Å². The van der Waals surface area contributed by atoms with Gasteiger partial charge in [0.2, 0.25) is 5.91 Å². The summed E-state index contributed by atoms with van der Waals surface area (Å²) in [6.07, 6.45) is 2.22. The molecule has 2 aliphatic heterocycles. The zero-order valence-corrected chi connectivity index (χ0v) is 13.3. The maximum atomic E-state index is 11.3. The molecule has 3 heterocycles. The molecular weight excluding hydrogens is 280 g/mol.